The van der Waals surface area contributed by atoms with Crippen molar-refractivity contribution in [2.75, 3.05) is 17.2 Å². The number of anilines is 1. The van der Waals surface area contributed by atoms with Crippen molar-refractivity contribution in [2.45, 2.75) is 16.8 Å². The van der Waals surface area contributed by atoms with E-state index in [-0.39, 0.29) is 41.1 Å². The van der Waals surface area contributed by atoms with Crippen LogP contribution < -0.4 is 10.0 Å². The van der Waals surface area contributed by atoms with Gasteiger partial charge in [0.05, 0.1) is 11.4 Å². The Bertz CT molecular complexity index is 676. The van der Waals surface area contributed by atoms with Crippen LogP contribution in [0.15, 0.2) is 29.2 Å². The van der Waals surface area contributed by atoms with Crippen molar-refractivity contribution in [3.05, 3.63) is 24.3 Å². The summed E-state index contributed by atoms with van der Waals surface area (Å²) in [5, 5.41) is 4.95. The molecular weight excluding hydrogens is 341 g/mol. The fourth-order valence-corrected chi connectivity index (χ4v) is 3.90. The van der Waals surface area contributed by atoms with Gasteiger partial charge in [-0.25, -0.2) is 13.6 Å². The van der Waals surface area contributed by atoms with Crippen molar-refractivity contribution in [2.24, 2.45) is 11.1 Å². The summed E-state index contributed by atoms with van der Waals surface area (Å²) >= 11 is -0.306. The van der Waals surface area contributed by atoms with E-state index in [2.05, 4.69) is 0 Å². The number of carbonyl (C=O) groups is 1. The molecule has 0 bridgehead atoms. The highest BCUT2D eigenvalue weighted by Gasteiger charge is 2.36. The summed E-state index contributed by atoms with van der Waals surface area (Å²) in [5.41, 5.74) is -4.34. The number of thioether (sulfide) groups is 1. The summed E-state index contributed by atoms with van der Waals surface area (Å²) < 4.78 is 59.9. The maximum Gasteiger partial charge on any atom is 0.446 e. The third-order valence-corrected chi connectivity index (χ3v) is 4.79. The number of benzene rings is 1. The summed E-state index contributed by atoms with van der Waals surface area (Å²) in [6.45, 7) is 0.0324. The zero-order chi connectivity index (χ0) is 16.5. The SMILES string of the molecule is NS(=O)(=O)CC1CC(=O)N(c2ccccc2SC(F)(F)F)C1. The molecule has 1 unspecified atom stereocenters. The highest BCUT2D eigenvalue weighted by Crippen LogP contribution is 2.42. The number of nitrogens with two attached hydrogens (primary N) is 1. The molecule has 2 rings (SSSR count). The average Bonchev–Trinajstić information content (AvgIpc) is 2.66. The quantitative estimate of drug-likeness (QED) is 0.838. The monoisotopic (exact) mass is 354 g/mol. The number of halogens is 3. The van der Waals surface area contributed by atoms with Crippen molar-refractivity contribution in [1.29, 1.82) is 0 Å². The second-order valence-corrected chi connectivity index (χ2v) is 7.69. The number of rotatable bonds is 4. The molecule has 1 saturated heterocycles. The molecule has 1 aliphatic rings. The predicted octanol–water partition coefficient (Wildman–Crippen LogP) is 1.94. The molecule has 0 radical (unpaired) electrons. The lowest BCUT2D eigenvalue weighted by Crippen LogP contribution is -2.28. The van der Waals surface area contributed by atoms with E-state index >= 15 is 0 Å². The van der Waals surface area contributed by atoms with E-state index in [9.17, 15) is 26.4 Å². The Kier molecular flexibility index (Phi) is 4.73. The number of hydrogen-bond donors (Lipinski definition) is 1. The van der Waals surface area contributed by atoms with Crippen molar-refractivity contribution in [3.8, 4) is 0 Å². The van der Waals surface area contributed by atoms with E-state index in [0.29, 0.717) is 0 Å². The highest BCUT2D eigenvalue weighted by atomic mass is 32.2. The van der Waals surface area contributed by atoms with Gasteiger partial charge in [0.25, 0.3) is 0 Å². The second-order valence-electron chi connectivity index (χ2n) is 4.92. The molecule has 10 heteroatoms. The first-order valence-corrected chi connectivity index (χ1v) is 8.74. The lowest BCUT2D eigenvalue weighted by molar-refractivity contribution is -0.117. The van der Waals surface area contributed by atoms with Crippen LogP contribution in [0.5, 0.6) is 0 Å². The van der Waals surface area contributed by atoms with Gasteiger partial charge in [-0.15, -0.1) is 0 Å². The van der Waals surface area contributed by atoms with E-state index in [4.69, 9.17) is 5.14 Å². The number of alkyl halides is 3. The predicted molar refractivity (Wildman–Crippen MR) is 76.8 cm³/mol. The van der Waals surface area contributed by atoms with E-state index < -0.39 is 27.4 Å². The second kappa shape index (κ2) is 6.09. The van der Waals surface area contributed by atoms with Gasteiger partial charge in [-0.05, 0) is 23.9 Å². The summed E-state index contributed by atoms with van der Waals surface area (Å²) in [6, 6.07) is 5.65. The minimum atomic E-state index is -4.47. The molecule has 22 heavy (non-hydrogen) atoms. The molecule has 1 aromatic carbocycles. The van der Waals surface area contributed by atoms with Crippen LogP contribution in [0.3, 0.4) is 0 Å². The number of primary sulfonamides is 1. The number of para-hydroxylation sites is 1. The molecule has 2 N–H and O–H groups in total. The van der Waals surface area contributed by atoms with Crippen LogP contribution in [-0.4, -0.2) is 32.1 Å². The first-order valence-electron chi connectivity index (χ1n) is 6.21. The summed E-state index contributed by atoms with van der Waals surface area (Å²) in [7, 11) is -3.74. The number of amides is 1. The van der Waals surface area contributed by atoms with Crippen LogP contribution in [0.2, 0.25) is 0 Å². The molecule has 1 fully saturated rings. The Morgan fingerprint density at radius 1 is 1.32 bits per heavy atom. The molecule has 0 spiro atoms. The van der Waals surface area contributed by atoms with Crippen LogP contribution in [0, 0.1) is 5.92 Å². The standard InChI is InChI=1S/C12H13F3N2O3S2/c13-12(14,15)21-10-4-2-1-3-9(10)17-6-8(5-11(17)18)7-22(16,19)20/h1-4,8H,5-7H2,(H2,16,19,20). The van der Waals surface area contributed by atoms with Crippen molar-refractivity contribution in [3.63, 3.8) is 0 Å². The minimum Gasteiger partial charge on any atom is -0.311 e. The van der Waals surface area contributed by atoms with Gasteiger partial charge < -0.3 is 4.90 Å². The van der Waals surface area contributed by atoms with Crippen molar-refractivity contribution in [1.82, 2.24) is 0 Å². The molecule has 0 aromatic heterocycles. The van der Waals surface area contributed by atoms with Gasteiger partial charge >= 0.3 is 5.51 Å². The molecule has 0 aliphatic carbocycles. The van der Waals surface area contributed by atoms with E-state index in [1.807, 2.05) is 0 Å². The fourth-order valence-electron chi connectivity index (χ4n) is 2.35. The Hall–Kier alpha value is -1.26. The molecule has 1 aliphatic heterocycles. The van der Waals surface area contributed by atoms with Gasteiger partial charge in [0.1, 0.15) is 0 Å². The summed E-state index contributed by atoms with van der Waals surface area (Å²) in [5.74, 6) is -1.31. The topological polar surface area (TPSA) is 80.5 Å². The van der Waals surface area contributed by atoms with E-state index in [1.54, 1.807) is 0 Å². The van der Waals surface area contributed by atoms with Crippen molar-refractivity contribution < 1.29 is 26.4 Å². The van der Waals surface area contributed by atoms with Crippen LogP contribution in [-0.2, 0) is 14.8 Å². The lowest BCUT2D eigenvalue weighted by Gasteiger charge is -2.20. The van der Waals surface area contributed by atoms with Gasteiger partial charge in [0.2, 0.25) is 15.9 Å². The third kappa shape index (κ3) is 4.62. The first kappa shape index (κ1) is 17.1. The van der Waals surface area contributed by atoms with Gasteiger partial charge in [0, 0.05) is 23.8 Å². The average molecular weight is 354 g/mol. The zero-order valence-corrected chi connectivity index (χ0v) is 12.8. The summed E-state index contributed by atoms with van der Waals surface area (Å²) in [6.07, 6.45) is -0.0541. The molecule has 1 amide bonds. The normalized spacial score (nSPS) is 19.7. The van der Waals surface area contributed by atoms with Crippen molar-refractivity contribution >= 4 is 33.4 Å². The van der Waals surface area contributed by atoms with Gasteiger partial charge in [-0.3, -0.25) is 4.79 Å². The summed E-state index contributed by atoms with van der Waals surface area (Å²) in [4.78, 5) is 13.1. The molecule has 0 saturated carbocycles. The van der Waals surface area contributed by atoms with Crippen LogP contribution in [0.4, 0.5) is 18.9 Å². The largest absolute Gasteiger partial charge is 0.446 e. The Labute approximate surface area is 129 Å². The van der Waals surface area contributed by atoms with E-state index in [1.165, 1.54) is 29.2 Å². The zero-order valence-electron chi connectivity index (χ0n) is 11.2. The van der Waals surface area contributed by atoms with Crippen LogP contribution in [0.25, 0.3) is 0 Å². The van der Waals surface area contributed by atoms with Gasteiger partial charge in [-0.1, -0.05) is 12.1 Å². The Balaban J connectivity index is 2.24. The molecular formula is C12H13F3N2O3S2. The fraction of sp³-hybridized carbons (Fsp3) is 0.417. The maximum absolute atomic E-state index is 12.6. The minimum absolute atomic E-state index is 0.0324. The molecule has 122 valence electrons. The highest BCUT2D eigenvalue weighted by molar-refractivity contribution is 8.00. The first-order chi connectivity index (χ1) is 10.1. The number of nitrogens with zero attached hydrogens (tertiary/aromatic N) is 1. The van der Waals surface area contributed by atoms with E-state index in [0.717, 1.165) is 0 Å². The molecule has 1 atom stereocenters. The Morgan fingerprint density at radius 3 is 2.55 bits per heavy atom. The molecule has 1 aromatic rings. The van der Waals surface area contributed by atoms with Crippen LogP contribution >= 0.6 is 11.8 Å². The molecule has 5 nitrogen and oxygen atoms in total. The Morgan fingerprint density at radius 2 is 1.95 bits per heavy atom. The molecule has 1 heterocycles. The smallest absolute Gasteiger partial charge is 0.311 e. The maximum atomic E-state index is 12.6. The number of carbonyl (C=O) groups excluding carboxylic acids is 1. The number of sulfonamides is 1. The van der Waals surface area contributed by atoms with Gasteiger partial charge in [0.15, 0.2) is 0 Å². The van der Waals surface area contributed by atoms with Gasteiger partial charge in [-0.2, -0.15) is 13.2 Å². The van der Waals surface area contributed by atoms with Crippen LogP contribution in [0.1, 0.15) is 6.42 Å². The third-order valence-electron chi connectivity index (χ3n) is 3.05. The number of hydrogen-bond acceptors (Lipinski definition) is 4. The lowest BCUT2D eigenvalue weighted by atomic mass is 10.1.